The number of halogens is 1. The minimum atomic E-state index is -0.551. The topological polar surface area (TPSA) is 80.8 Å². The number of hydrogen-bond acceptors (Lipinski definition) is 7. The summed E-state index contributed by atoms with van der Waals surface area (Å²) < 4.78 is 13.0. The lowest BCUT2D eigenvalue weighted by Crippen LogP contribution is -2.44. The normalized spacial score (nSPS) is 14.8. The molecule has 5 rings (SSSR count). The molecule has 0 unspecified atom stereocenters. The number of aromatic nitrogens is 2. The van der Waals surface area contributed by atoms with Crippen molar-refractivity contribution in [3.63, 3.8) is 0 Å². The minimum absolute atomic E-state index is 0.130. The van der Waals surface area contributed by atoms with Crippen LogP contribution in [-0.2, 0) is 16.1 Å². The van der Waals surface area contributed by atoms with Gasteiger partial charge >= 0.3 is 5.76 Å². The van der Waals surface area contributed by atoms with E-state index in [1.165, 1.54) is 15.9 Å². The third kappa shape index (κ3) is 4.54. The van der Waals surface area contributed by atoms with Crippen LogP contribution in [-0.4, -0.2) is 59.8 Å². The minimum Gasteiger partial charge on any atom is -0.408 e. The number of benzene rings is 2. The van der Waals surface area contributed by atoms with E-state index in [0.717, 1.165) is 28.9 Å². The van der Waals surface area contributed by atoms with E-state index in [0.29, 0.717) is 47.6 Å². The molecule has 0 N–H and O–H groups in total. The third-order valence-electron chi connectivity index (χ3n) is 5.78. The smallest absolute Gasteiger partial charge is 0.408 e. The first kappa shape index (κ1) is 22.1. The molecule has 1 amide bonds. The molecule has 0 saturated carbocycles. The first-order valence-electron chi connectivity index (χ1n) is 10.7. The van der Waals surface area contributed by atoms with Crippen molar-refractivity contribution in [2.45, 2.75) is 13.5 Å². The molecule has 0 aliphatic carbocycles. The van der Waals surface area contributed by atoms with Crippen molar-refractivity contribution in [3.8, 4) is 0 Å². The first-order valence-corrected chi connectivity index (χ1v) is 11.9. The molecule has 2 aromatic carbocycles. The van der Waals surface area contributed by atoms with E-state index in [-0.39, 0.29) is 12.5 Å². The molecule has 0 radical (unpaired) electrons. The molecule has 4 aromatic rings. The fourth-order valence-corrected chi connectivity index (χ4v) is 5.50. The van der Waals surface area contributed by atoms with Crippen LogP contribution in [0.15, 0.2) is 45.6 Å². The van der Waals surface area contributed by atoms with Gasteiger partial charge in [-0.15, -0.1) is 0 Å². The molecule has 3 heterocycles. The van der Waals surface area contributed by atoms with Crippen molar-refractivity contribution in [1.82, 2.24) is 14.5 Å². The number of para-hydroxylation sites is 2. The number of oxazole rings is 1. The number of nitrogens with zero attached hydrogens (tertiary/aromatic N) is 4. The molecule has 10 heteroatoms. The fourth-order valence-electron chi connectivity index (χ4n) is 4.04. The highest BCUT2D eigenvalue weighted by atomic mass is 35.5. The number of morpholine rings is 1. The Kier molecular flexibility index (Phi) is 6.20. The highest BCUT2D eigenvalue weighted by Crippen LogP contribution is 2.33. The number of aryl methyl sites for hydroxylation is 1. The van der Waals surface area contributed by atoms with Crippen LogP contribution in [0.25, 0.3) is 21.3 Å². The molecular formula is C23H23ClN4O4S. The second-order valence-corrected chi connectivity index (χ2v) is 9.43. The summed E-state index contributed by atoms with van der Waals surface area (Å²) in [6.07, 6.45) is 0. The lowest BCUT2D eigenvalue weighted by atomic mass is 10.2. The Morgan fingerprint density at radius 2 is 2.03 bits per heavy atom. The van der Waals surface area contributed by atoms with E-state index in [2.05, 4.69) is 4.90 Å². The number of thiazole rings is 1. The molecule has 33 heavy (non-hydrogen) atoms. The Balaban J connectivity index is 1.47. The average molecular weight is 487 g/mol. The summed E-state index contributed by atoms with van der Waals surface area (Å²) in [7, 11) is 0. The van der Waals surface area contributed by atoms with Crippen LogP contribution < -0.4 is 10.7 Å². The van der Waals surface area contributed by atoms with Gasteiger partial charge in [-0.1, -0.05) is 35.1 Å². The Labute approximate surface area is 198 Å². The SMILES string of the molecule is Cc1cc(Cl)cc2sc(N(CCN3CCOCC3)C(=O)Cn3c(=O)oc4ccccc43)nc12. The molecule has 8 nitrogen and oxygen atoms in total. The van der Waals surface area contributed by atoms with E-state index in [9.17, 15) is 9.59 Å². The molecule has 172 valence electrons. The monoisotopic (exact) mass is 486 g/mol. The van der Waals surface area contributed by atoms with E-state index in [4.69, 9.17) is 25.7 Å². The highest BCUT2D eigenvalue weighted by Gasteiger charge is 2.24. The zero-order valence-corrected chi connectivity index (χ0v) is 19.7. The van der Waals surface area contributed by atoms with E-state index in [1.807, 2.05) is 25.1 Å². The summed E-state index contributed by atoms with van der Waals surface area (Å²) in [6.45, 7) is 5.97. The van der Waals surface area contributed by atoms with Gasteiger partial charge in [-0.25, -0.2) is 9.78 Å². The molecule has 1 aliphatic heterocycles. The van der Waals surface area contributed by atoms with Gasteiger partial charge < -0.3 is 9.15 Å². The molecule has 1 fully saturated rings. The van der Waals surface area contributed by atoms with E-state index >= 15 is 0 Å². The summed E-state index contributed by atoms with van der Waals surface area (Å²) >= 11 is 7.66. The van der Waals surface area contributed by atoms with Crippen LogP contribution in [0, 0.1) is 6.92 Å². The number of carbonyl (C=O) groups is 1. The van der Waals surface area contributed by atoms with Crippen LogP contribution in [0.1, 0.15) is 5.56 Å². The Hall–Kier alpha value is -2.72. The number of amides is 1. The predicted octanol–water partition coefficient (Wildman–Crippen LogP) is 3.53. The maximum Gasteiger partial charge on any atom is 0.420 e. The lowest BCUT2D eigenvalue weighted by molar-refractivity contribution is -0.119. The largest absolute Gasteiger partial charge is 0.420 e. The van der Waals surface area contributed by atoms with Crippen LogP contribution in [0.3, 0.4) is 0 Å². The van der Waals surface area contributed by atoms with Gasteiger partial charge in [-0.05, 0) is 36.8 Å². The first-order chi connectivity index (χ1) is 16.0. The van der Waals surface area contributed by atoms with Crippen molar-refractivity contribution in [2.24, 2.45) is 0 Å². The van der Waals surface area contributed by atoms with Crippen molar-refractivity contribution >= 4 is 55.3 Å². The summed E-state index contributed by atoms with van der Waals surface area (Å²) in [5, 5.41) is 1.23. The summed E-state index contributed by atoms with van der Waals surface area (Å²) in [6, 6.07) is 10.8. The Morgan fingerprint density at radius 3 is 2.85 bits per heavy atom. The van der Waals surface area contributed by atoms with Gasteiger partial charge in [0.25, 0.3) is 0 Å². The van der Waals surface area contributed by atoms with Crippen molar-refractivity contribution < 1.29 is 13.9 Å². The highest BCUT2D eigenvalue weighted by molar-refractivity contribution is 7.22. The maximum atomic E-state index is 13.5. The van der Waals surface area contributed by atoms with Crippen molar-refractivity contribution in [3.05, 3.63) is 57.5 Å². The summed E-state index contributed by atoms with van der Waals surface area (Å²) in [5.41, 5.74) is 2.84. The number of anilines is 1. The van der Waals surface area contributed by atoms with Gasteiger partial charge in [0.05, 0.1) is 28.9 Å². The molecule has 1 aliphatic rings. The Morgan fingerprint density at radius 1 is 1.24 bits per heavy atom. The predicted molar refractivity (Wildman–Crippen MR) is 129 cm³/mol. The van der Waals surface area contributed by atoms with E-state index < -0.39 is 5.76 Å². The standard InChI is InChI=1S/C23H23ClN4O4S/c1-15-12-16(24)13-19-21(15)25-22(33-19)27(7-6-26-8-10-31-11-9-26)20(29)14-28-17-4-2-3-5-18(17)32-23(28)30/h2-5,12-13H,6-11,14H2,1H3. The van der Waals surface area contributed by atoms with Gasteiger partial charge in [-0.3, -0.25) is 19.2 Å². The summed E-state index contributed by atoms with van der Waals surface area (Å²) in [4.78, 5) is 34.7. The third-order valence-corrected chi connectivity index (χ3v) is 7.03. The van der Waals surface area contributed by atoms with Crippen LogP contribution in [0.2, 0.25) is 5.02 Å². The van der Waals surface area contributed by atoms with Gasteiger partial charge in [0.15, 0.2) is 10.7 Å². The number of hydrogen-bond donors (Lipinski definition) is 0. The van der Waals surface area contributed by atoms with E-state index in [1.54, 1.807) is 23.1 Å². The molecule has 0 bridgehead atoms. The van der Waals surface area contributed by atoms with Crippen LogP contribution >= 0.6 is 22.9 Å². The Bertz CT molecular complexity index is 1370. The van der Waals surface area contributed by atoms with Gasteiger partial charge in [-0.2, -0.15) is 0 Å². The molecule has 0 atom stereocenters. The second-order valence-electron chi connectivity index (χ2n) is 7.99. The lowest BCUT2D eigenvalue weighted by Gasteiger charge is -2.29. The molecule has 1 saturated heterocycles. The van der Waals surface area contributed by atoms with Crippen LogP contribution in [0.5, 0.6) is 0 Å². The molecule has 0 spiro atoms. The van der Waals surface area contributed by atoms with Crippen molar-refractivity contribution in [2.75, 3.05) is 44.3 Å². The van der Waals surface area contributed by atoms with Gasteiger partial charge in [0.2, 0.25) is 5.91 Å². The quantitative estimate of drug-likeness (QED) is 0.415. The fraction of sp³-hybridized carbons (Fsp3) is 0.348. The van der Waals surface area contributed by atoms with Gasteiger partial charge in [0, 0.05) is 31.2 Å². The number of fused-ring (bicyclic) bond motifs is 2. The zero-order valence-electron chi connectivity index (χ0n) is 18.1. The summed E-state index contributed by atoms with van der Waals surface area (Å²) in [5.74, 6) is -0.774. The maximum absolute atomic E-state index is 13.5. The average Bonchev–Trinajstić information content (AvgIpc) is 3.36. The zero-order chi connectivity index (χ0) is 22.9. The molecular weight excluding hydrogens is 464 g/mol. The van der Waals surface area contributed by atoms with Gasteiger partial charge in [0.1, 0.15) is 6.54 Å². The van der Waals surface area contributed by atoms with Crippen molar-refractivity contribution in [1.29, 1.82) is 0 Å². The second kappa shape index (κ2) is 9.26. The number of carbonyl (C=O) groups excluding carboxylic acids is 1. The number of rotatable bonds is 6. The van der Waals surface area contributed by atoms with Crippen LogP contribution in [0.4, 0.5) is 5.13 Å². The molecule has 2 aromatic heterocycles. The number of ether oxygens (including phenoxy) is 1.